The van der Waals surface area contributed by atoms with E-state index in [1.807, 2.05) is 46.8 Å². The van der Waals surface area contributed by atoms with Gasteiger partial charge in [0.1, 0.15) is 11.5 Å². The summed E-state index contributed by atoms with van der Waals surface area (Å²) in [5.74, 6) is 1.65. The van der Waals surface area contributed by atoms with Crippen molar-refractivity contribution in [2.24, 2.45) is 0 Å². The maximum Gasteiger partial charge on any atom is 0.253 e. The van der Waals surface area contributed by atoms with E-state index in [4.69, 9.17) is 9.47 Å². The highest BCUT2D eigenvalue weighted by Gasteiger charge is 2.22. The van der Waals surface area contributed by atoms with Crippen LogP contribution in [0.25, 0.3) is 0 Å². The molecule has 1 aromatic heterocycles. The maximum absolute atomic E-state index is 12.5. The first-order valence-corrected chi connectivity index (χ1v) is 11.2. The summed E-state index contributed by atoms with van der Waals surface area (Å²) in [6, 6.07) is 8.24. The molecule has 0 aliphatic carbocycles. The van der Waals surface area contributed by atoms with Crippen molar-refractivity contribution in [3.05, 3.63) is 53.3 Å². The molecular formula is C25H35N3O3. The van der Waals surface area contributed by atoms with Crippen molar-refractivity contribution in [2.75, 3.05) is 13.1 Å². The highest BCUT2D eigenvalue weighted by atomic mass is 16.5. The molecule has 1 fully saturated rings. The van der Waals surface area contributed by atoms with Crippen LogP contribution in [-0.2, 0) is 6.54 Å². The van der Waals surface area contributed by atoms with Crippen LogP contribution in [0.5, 0.6) is 11.5 Å². The second kappa shape index (κ2) is 10.6. The van der Waals surface area contributed by atoms with Crippen LogP contribution in [-0.4, -0.2) is 47.1 Å². The molecule has 0 atom stereocenters. The van der Waals surface area contributed by atoms with Gasteiger partial charge in [0.2, 0.25) is 0 Å². The van der Waals surface area contributed by atoms with E-state index in [0.29, 0.717) is 5.56 Å². The average Bonchev–Trinajstić information content (AvgIpc) is 2.68. The number of carbonyl (C=O) groups excluding carboxylic acids is 1. The number of hydrogen-bond donors (Lipinski definition) is 1. The fourth-order valence-corrected chi connectivity index (χ4v) is 3.84. The molecule has 1 saturated heterocycles. The van der Waals surface area contributed by atoms with Gasteiger partial charge in [-0.15, -0.1) is 0 Å². The zero-order chi connectivity index (χ0) is 22.4. The minimum absolute atomic E-state index is 0.0383. The van der Waals surface area contributed by atoms with Gasteiger partial charge >= 0.3 is 0 Å². The van der Waals surface area contributed by atoms with Crippen molar-refractivity contribution in [1.82, 2.24) is 15.2 Å². The lowest BCUT2D eigenvalue weighted by atomic mass is 10.0. The lowest BCUT2D eigenvalue weighted by molar-refractivity contribution is 0.0908. The Kier molecular flexibility index (Phi) is 7.91. The number of benzene rings is 1. The van der Waals surface area contributed by atoms with E-state index in [1.54, 1.807) is 12.4 Å². The molecule has 1 aliphatic heterocycles. The number of nitrogens with zero attached hydrogens (tertiary/aromatic N) is 2. The molecule has 2 aromatic rings. The van der Waals surface area contributed by atoms with Gasteiger partial charge in [-0.05, 0) is 76.8 Å². The Morgan fingerprint density at radius 1 is 1.03 bits per heavy atom. The second-order valence-corrected chi connectivity index (χ2v) is 8.92. The third-order valence-electron chi connectivity index (χ3n) is 5.15. The molecule has 168 valence electrons. The van der Waals surface area contributed by atoms with Gasteiger partial charge < -0.3 is 14.8 Å². The number of nitrogens with one attached hydrogen (secondary N) is 1. The summed E-state index contributed by atoms with van der Waals surface area (Å²) in [5, 5.41) is 3.16. The van der Waals surface area contributed by atoms with Crippen molar-refractivity contribution in [2.45, 2.75) is 72.3 Å². The Balaban J connectivity index is 1.56. The molecule has 2 heterocycles. The van der Waals surface area contributed by atoms with Crippen LogP contribution in [0.2, 0.25) is 0 Å². The first-order chi connectivity index (χ1) is 14.8. The molecule has 0 unspecified atom stereocenters. The third kappa shape index (κ3) is 7.24. The maximum atomic E-state index is 12.5. The SMILES string of the molecule is Cc1cncc(C(=O)NC2CCN(Cc3cc(OC(C)C)cc(OC(C)C)c3)CC2)c1. The minimum Gasteiger partial charge on any atom is -0.491 e. The zero-order valence-electron chi connectivity index (χ0n) is 19.4. The fraction of sp³-hybridized carbons (Fsp3) is 0.520. The van der Waals surface area contributed by atoms with Crippen LogP contribution in [0.15, 0.2) is 36.7 Å². The number of rotatable bonds is 8. The molecule has 31 heavy (non-hydrogen) atoms. The first kappa shape index (κ1) is 23.1. The van der Waals surface area contributed by atoms with Crippen molar-refractivity contribution in [1.29, 1.82) is 0 Å². The van der Waals surface area contributed by atoms with E-state index >= 15 is 0 Å². The topological polar surface area (TPSA) is 63.7 Å². The van der Waals surface area contributed by atoms with Crippen LogP contribution in [0.1, 0.15) is 62.0 Å². The summed E-state index contributed by atoms with van der Waals surface area (Å²) in [7, 11) is 0. The van der Waals surface area contributed by atoms with Crippen LogP contribution >= 0.6 is 0 Å². The van der Waals surface area contributed by atoms with Crippen molar-refractivity contribution < 1.29 is 14.3 Å². The number of ether oxygens (including phenoxy) is 2. The normalized spacial score (nSPS) is 15.3. The van der Waals surface area contributed by atoms with E-state index in [-0.39, 0.29) is 24.2 Å². The first-order valence-electron chi connectivity index (χ1n) is 11.2. The molecule has 1 aliphatic rings. The van der Waals surface area contributed by atoms with Gasteiger partial charge in [-0.3, -0.25) is 14.7 Å². The third-order valence-corrected chi connectivity index (χ3v) is 5.15. The molecule has 0 radical (unpaired) electrons. The highest BCUT2D eigenvalue weighted by Crippen LogP contribution is 2.26. The molecule has 6 heteroatoms. The number of amides is 1. The number of likely N-dealkylation sites (tertiary alicyclic amines) is 1. The van der Waals surface area contributed by atoms with Gasteiger partial charge in [0.25, 0.3) is 5.91 Å². The predicted molar refractivity (Wildman–Crippen MR) is 123 cm³/mol. The molecule has 6 nitrogen and oxygen atoms in total. The zero-order valence-corrected chi connectivity index (χ0v) is 19.4. The number of carbonyl (C=O) groups is 1. The highest BCUT2D eigenvalue weighted by molar-refractivity contribution is 5.94. The number of aryl methyl sites for hydroxylation is 1. The van der Waals surface area contributed by atoms with Gasteiger partial charge in [-0.25, -0.2) is 0 Å². The average molecular weight is 426 g/mol. The summed E-state index contributed by atoms with van der Waals surface area (Å²) in [6.07, 6.45) is 5.48. The number of pyridine rings is 1. The summed E-state index contributed by atoms with van der Waals surface area (Å²) >= 11 is 0. The number of hydrogen-bond acceptors (Lipinski definition) is 5. The van der Waals surface area contributed by atoms with Gasteiger partial charge in [0.05, 0.1) is 17.8 Å². The van der Waals surface area contributed by atoms with Crippen LogP contribution < -0.4 is 14.8 Å². The molecular weight excluding hydrogens is 390 g/mol. The molecule has 0 saturated carbocycles. The van der Waals surface area contributed by atoms with E-state index in [9.17, 15) is 4.79 Å². The largest absolute Gasteiger partial charge is 0.491 e. The Bertz CT molecular complexity index is 846. The summed E-state index contributed by atoms with van der Waals surface area (Å²) in [4.78, 5) is 19.0. The Labute approximate surface area is 186 Å². The lowest BCUT2D eigenvalue weighted by Gasteiger charge is -2.32. The summed E-state index contributed by atoms with van der Waals surface area (Å²) in [5.41, 5.74) is 2.80. The number of aromatic nitrogens is 1. The monoisotopic (exact) mass is 425 g/mol. The fourth-order valence-electron chi connectivity index (χ4n) is 3.84. The quantitative estimate of drug-likeness (QED) is 0.681. The van der Waals surface area contributed by atoms with Crippen LogP contribution in [0, 0.1) is 6.92 Å². The summed E-state index contributed by atoms with van der Waals surface area (Å²) < 4.78 is 11.9. The Morgan fingerprint density at radius 2 is 1.65 bits per heavy atom. The molecule has 1 aromatic carbocycles. The second-order valence-electron chi connectivity index (χ2n) is 8.92. The van der Waals surface area contributed by atoms with E-state index in [0.717, 1.165) is 49.5 Å². The van der Waals surface area contributed by atoms with E-state index in [2.05, 4.69) is 27.3 Å². The standard InChI is InChI=1S/C25H35N3O3/c1-17(2)30-23-11-20(12-24(13-23)31-18(3)4)16-28-8-6-22(7-9-28)27-25(29)21-10-19(5)14-26-15-21/h10-15,17-18,22H,6-9,16H2,1-5H3,(H,27,29). The predicted octanol–water partition coefficient (Wildman–Crippen LogP) is 4.36. The van der Waals surface area contributed by atoms with Gasteiger partial charge in [0, 0.05) is 44.1 Å². The van der Waals surface area contributed by atoms with Crippen LogP contribution in [0.4, 0.5) is 0 Å². The molecule has 1 amide bonds. The van der Waals surface area contributed by atoms with Crippen LogP contribution in [0.3, 0.4) is 0 Å². The van der Waals surface area contributed by atoms with Gasteiger partial charge in [-0.1, -0.05) is 0 Å². The molecule has 0 bridgehead atoms. The Hall–Kier alpha value is -2.60. The van der Waals surface area contributed by atoms with Gasteiger partial charge in [0.15, 0.2) is 0 Å². The van der Waals surface area contributed by atoms with Crippen molar-refractivity contribution >= 4 is 5.91 Å². The number of piperidine rings is 1. The van der Waals surface area contributed by atoms with Crippen molar-refractivity contribution in [3.8, 4) is 11.5 Å². The molecule has 1 N–H and O–H groups in total. The minimum atomic E-state index is -0.0383. The van der Waals surface area contributed by atoms with Crippen molar-refractivity contribution in [3.63, 3.8) is 0 Å². The molecule has 3 rings (SSSR count). The van der Waals surface area contributed by atoms with E-state index < -0.39 is 0 Å². The van der Waals surface area contributed by atoms with Gasteiger partial charge in [-0.2, -0.15) is 0 Å². The molecule has 0 spiro atoms. The Morgan fingerprint density at radius 3 is 2.19 bits per heavy atom. The smallest absolute Gasteiger partial charge is 0.253 e. The summed E-state index contributed by atoms with van der Waals surface area (Å²) in [6.45, 7) is 12.8. The lowest BCUT2D eigenvalue weighted by Crippen LogP contribution is -2.44. The van der Waals surface area contributed by atoms with E-state index in [1.165, 1.54) is 5.56 Å².